The number of para-hydroxylation sites is 3. The van der Waals surface area contributed by atoms with E-state index in [2.05, 4.69) is 21.2 Å². The molecule has 2 heterocycles. The zero-order valence-electron chi connectivity index (χ0n) is 16.3. The Morgan fingerprint density at radius 1 is 1.06 bits per heavy atom. The second kappa shape index (κ2) is 8.54. The van der Waals surface area contributed by atoms with Gasteiger partial charge in [0.1, 0.15) is 6.54 Å². The van der Waals surface area contributed by atoms with Crippen LogP contribution in [0, 0.1) is 0 Å². The van der Waals surface area contributed by atoms with Crippen molar-refractivity contribution in [2.45, 2.75) is 29.3 Å². The molecule has 4 rings (SSSR count). The Bertz CT molecular complexity index is 1210. The van der Waals surface area contributed by atoms with Gasteiger partial charge in [-0.05, 0) is 24.3 Å². The highest BCUT2D eigenvalue weighted by molar-refractivity contribution is 8.01. The molecule has 1 aliphatic rings. The van der Waals surface area contributed by atoms with Gasteiger partial charge in [0.15, 0.2) is 0 Å². The van der Waals surface area contributed by atoms with Crippen molar-refractivity contribution in [3.8, 4) is 0 Å². The summed E-state index contributed by atoms with van der Waals surface area (Å²) in [5.74, 6) is -3.10. The summed E-state index contributed by atoms with van der Waals surface area (Å²) in [6.07, 6.45) is -4.99. The predicted molar refractivity (Wildman–Crippen MR) is 110 cm³/mol. The molecule has 3 aromatic rings. The lowest BCUT2D eigenvalue weighted by Gasteiger charge is -2.23. The van der Waals surface area contributed by atoms with Crippen LogP contribution in [0.1, 0.15) is 12.2 Å². The molecule has 166 valence electrons. The van der Waals surface area contributed by atoms with Crippen LogP contribution >= 0.6 is 11.8 Å². The Morgan fingerprint density at radius 3 is 2.53 bits per heavy atom. The maximum Gasteiger partial charge on any atom is 0.449 e. The number of rotatable bonds is 4. The second-order valence-electron chi connectivity index (χ2n) is 6.90. The lowest BCUT2D eigenvalue weighted by atomic mass is 10.2. The van der Waals surface area contributed by atoms with Crippen LogP contribution in [0.4, 0.5) is 18.9 Å². The lowest BCUT2D eigenvalue weighted by Crippen LogP contribution is -2.45. The summed E-state index contributed by atoms with van der Waals surface area (Å²) in [4.78, 5) is 41.0. The summed E-state index contributed by atoms with van der Waals surface area (Å²) in [7, 11) is 0. The maximum absolute atomic E-state index is 13.3. The molecule has 0 aliphatic carbocycles. The van der Waals surface area contributed by atoms with Gasteiger partial charge in [-0.2, -0.15) is 13.2 Å². The van der Waals surface area contributed by atoms with Crippen molar-refractivity contribution in [2.24, 2.45) is 0 Å². The van der Waals surface area contributed by atoms with Crippen molar-refractivity contribution >= 4 is 46.2 Å². The van der Waals surface area contributed by atoms with Crippen molar-refractivity contribution in [3.05, 3.63) is 54.4 Å². The van der Waals surface area contributed by atoms with Crippen LogP contribution in [0.5, 0.6) is 0 Å². The number of aromatic nitrogens is 2. The van der Waals surface area contributed by atoms with Crippen LogP contribution < -0.4 is 16.2 Å². The first-order valence-corrected chi connectivity index (χ1v) is 10.3. The number of anilines is 1. The SMILES string of the molecule is O=C(C[C@@H]1Sc2ccccc2NC1=O)NNC(=O)Cn1c(C(F)(F)F)nc2ccccc21. The number of carbonyl (C=O) groups excluding carboxylic acids is 3. The topological polar surface area (TPSA) is 105 Å². The van der Waals surface area contributed by atoms with Gasteiger partial charge in [-0.15, -0.1) is 11.8 Å². The molecule has 1 aromatic heterocycles. The van der Waals surface area contributed by atoms with Crippen molar-refractivity contribution in [1.29, 1.82) is 0 Å². The number of alkyl halides is 3. The molecule has 32 heavy (non-hydrogen) atoms. The van der Waals surface area contributed by atoms with Crippen LogP contribution in [-0.2, 0) is 27.1 Å². The van der Waals surface area contributed by atoms with Gasteiger partial charge in [-0.25, -0.2) is 4.98 Å². The van der Waals surface area contributed by atoms with Crippen LogP contribution in [0.2, 0.25) is 0 Å². The molecule has 1 aliphatic heterocycles. The van der Waals surface area contributed by atoms with Gasteiger partial charge in [0.2, 0.25) is 17.6 Å². The fourth-order valence-corrected chi connectivity index (χ4v) is 4.33. The van der Waals surface area contributed by atoms with Gasteiger partial charge in [-0.3, -0.25) is 25.2 Å². The van der Waals surface area contributed by atoms with E-state index in [1.54, 1.807) is 24.3 Å². The highest BCUT2D eigenvalue weighted by Gasteiger charge is 2.38. The van der Waals surface area contributed by atoms with Gasteiger partial charge in [0.05, 0.1) is 22.0 Å². The van der Waals surface area contributed by atoms with Crippen LogP contribution in [0.3, 0.4) is 0 Å². The average molecular weight is 463 g/mol. The van der Waals surface area contributed by atoms with Crippen molar-refractivity contribution in [1.82, 2.24) is 20.4 Å². The first-order valence-electron chi connectivity index (χ1n) is 9.39. The van der Waals surface area contributed by atoms with Crippen LogP contribution in [0.15, 0.2) is 53.4 Å². The summed E-state index contributed by atoms with van der Waals surface area (Å²) in [6, 6.07) is 13.0. The zero-order chi connectivity index (χ0) is 22.9. The molecule has 0 saturated carbocycles. The standard InChI is InChI=1S/C20H16F3N5O3S/c21-20(22,23)19-25-11-5-1-3-7-13(11)28(19)10-17(30)27-26-16(29)9-15-18(31)24-12-6-2-4-8-14(12)32-15/h1-8,15H,9-10H2,(H,24,31)(H,26,29)(H,27,30)/t15-/m0/s1. The number of amides is 3. The summed E-state index contributed by atoms with van der Waals surface area (Å²) in [6.45, 7) is -0.707. The maximum atomic E-state index is 13.3. The number of imidazole rings is 1. The van der Waals surface area contributed by atoms with Gasteiger partial charge in [-0.1, -0.05) is 24.3 Å². The number of fused-ring (bicyclic) bond motifs is 2. The predicted octanol–water partition coefficient (Wildman–Crippen LogP) is 2.71. The number of hydrazine groups is 1. The number of benzene rings is 2. The number of nitrogens with one attached hydrogen (secondary N) is 3. The fraction of sp³-hybridized carbons (Fsp3) is 0.200. The third-order valence-electron chi connectivity index (χ3n) is 4.63. The largest absolute Gasteiger partial charge is 0.449 e. The normalized spacial score (nSPS) is 15.7. The third-order valence-corrected chi connectivity index (χ3v) is 5.90. The molecular formula is C20H16F3N5O3S. The lowest BCUT2D eigenvalue weighted by molar-refractivity contribution is -0.147. The van der Waals surface area contributed by atoms with E-state index in [-0.39, 0.29) is 23.4 Å². The van der Waals surface area contributed by atoms with Crippen molar-refractivity contribution < 1.29 is 27.6 Å². The Kier molecular flexibility index (Phi) is 5.78. The molecule has 0 unspecified atom stereocenters. The van der Waals surface area contributed by atoms with E-state index in [9.17, 15) is 27.6 Å². The summed E-state index contributed by atoms with van der Waals surface area (Å²) in [5.41, 5.74) is 5.12. The quantitative estimate of drug-likeness (QED) is 0.516. The summed E-state index contributed by atoms with van der Waals surface area (Å²) in [5, 5.41) is 1.99. The Balaban J connectivity index is 1.38. The van der Waals surface area contributed by atoms with Gasteiger partial charge in [0.25, 0.3) is 5.91 Å². The highest BCUT2D eigenvalue weighted by Crippen LogP contribution is 2.36. The summed E-state index contributed by atoms with van der Waals surface area (Å²) < 4.78 is 40.7. The van der Waals surface area contributed by atoms with Gasteiger partial charge >= 0.3 is 6.18 Å². The van der Waals surface area contributed by atoms with E-state index in [0.29, 0.717) is 5.69 Å². The number of hydrogen-bond donors (Lipinski definition) is 3. The van der Waals surface area contributed by atoms with E-state index in [1.807, 2.05) is 0 Å². The molecule has 0 spiro atoms. The molecule has 8 nitrogen and oxygen atoms in total. The molecule has 3 amide bonds. The monoisotopic (exact) mass is 463 g/mol. The Morgan fingerprint density at radius 2 is 1.75 bits per heavy atom. The molecule has 1 atom stereocenters. The molecule has 3 N–H and O–H groups in total. The third kappa shape index (κ3) is 4.54. The highest BCUT2D eigenvalue weighted by atomic mass is 32.2. The number of nitrogens with zero attached hydrogens (tertiary/aromatic N) is 2. The minimum absolute atomic E-state index is 0.0947. The van der Waals surface area contributed by atoms with Crippen molar-refractivity contribution in [3.63, 3.8) is 0 Å². The van der Waals surface area contributed by atoms with Gasteiger partial charge < -0.3 is 9.88 Å². The van der Waals surface area contributed by atoms with Crippen molar-refractivity contribution in [2.75, 3.05) is 5.32 Å². The summed E-state index contributed by atoms with van der Waals surface area (Å²) >= 11 is 1.21. The number of halogens is 3. The number of thioether (sulfide) groups is 1. The molecule has 12 heteroatoms. The molecular weight excluding hydrogens is 447 g/mol. The minimum atomic E-state index is -4.76. The van der Waals surface area contributed by atoms with E-state index in [1.165, 1.54) is 36.0 Å². The van der Waals surface area contributed by atoms with E-state index in [0.717, 1.165) is 9.46 Å². The Labute approximate surface area is 183 Å². The molecule has 0 fully saturated rings. The van der Waals surface area contributed by atoms with Crippen LogP contribution in [0.25, 0.3) is 11.0 Å². The Hall–Kier alpha value is -3.54. The van der Waals surface area contributed by atoms with E-state index >= 15 is 0 Å². The van der Waals surface area contributed by atoms with Crippen LogP contribution in [-0.4, -0.2) is 32.5 Å². The second-order valence-corrected chi connectivity index (χ2v) is 8.14. The zero-order valence-corrected chi connectivity index (χ0v) is 17.1. The minimum Gasteiger partial charge on any atom is -0.324 e. The van der Waals surface area contributed by atoms with E-state index < -0.39 is 35.6 Å². The van der Waals surface area contributed by atoms with E-state index in [4.69, 9.17) is 0 Å². The molecule has 0 radical (unpaired) electrons. The smallest absolute Gasteiger partial charge is 0.324 e. The van der Waals surface area contributed by atoms with Gasteiger partial charge in [0, 0.05) is 11.3 Å². The molecule has 0 saturated heterocycles. The first-order chi connectivity index (χ1) is 15.2. The average Bonchev–Trinajstić information content (AvgIpc) is 3.12. The number of hydrogen-bond acceptors (Lipinski definition) is 5. The molecule has 0 bridgehead atoms. The first kappa shape index (κ1) is 21.7. The fourth-order valence-electron chi connectivity index (χ4n) is 3.22. The number of carbonyl (C=O) groups is 3. The molecule has 2 aromatic carbocycles.